The average molecular weight is 514 g/mol. The van der Waals surface area contributed by atoms with Gasteiger partial charge in [0.05, 0.1) is 25.5 Å². The van der Waals surface area contributed by atoms with E-state index in [0.29, 0.717) is 43.5 Å². The molecule has 1 aliphatic rings. The van der Waals surface area contributed by atoms with Crippen LogP contribution in [0.4, 0.5) is 0 Å². The Balaban J connectivity index is 1.34. The molecule has 3 heterocycles. The van der Waals surface area contributed by atoms with E-state index in [1.54, 1.807) is 13.0 Å². The minimum atomic E-state index is -0.211. The number of aromatic nitrogens is 3. The van der Waals surface area contributed by atoms with E-state index in [4.69, 9.17) is 14.0 Å². The molecule has 0 spiro atoms. The van der Waals surface area contributed by atoms with Gasteiger partial charge >= 0.3 is 0 Å². The summed E-state index contributed by atoms with van der Waals surface area (Å²) < 4.78 is 16.9. The fourth-order valence-electron chi connectivity index (χ4n) is 4.43. The summed E-state index contributed by atoms with van der Waals surface area (Å²) in [5.41, 5.74) is 4.87. The highest BCUT2D eigenvalue weighted by Gasteiger charge is 2.15. The first kappa shape index (κ1) is 25.6. The van der Waals surface area contributed by atoms with E-state index in [1.807, 2.05) is 36.5 Å². The SMILES string of the molecule is Cc1nc(CNC(=O)c2ccc3c(c2)Cc2cccc(c2)CN(Cc2ccccn2)CCOCCO3)no1. The summed E-state index contributed by atoms with van der Waals surface area (Å²) in [4.78, 5) is 23.8. The molecule has 4 aromatic rings. The maximum absolute atomic E-state index is 12.9. The number of hydrogen-bond donors (Lipinski definition) is 1. The lowest BCUT2D eigenvalue weighted by molar-refractivity contribution is 0.0754. The van der Waals surface area contributed by atoms with Crippen LogP contribution in [0.1, 0.15) is 44.5 Å². The number of carbonyl (C=O) groups is 1. The Morgan fingerprint density at radius 2 is 1.95 bits per heavy atom. The van der Waals surface area contributed by atoms with Crippen LogP contribution >= 0.6 is 0 Å². The van der Waals surface area contributed by atoms with Crippen molar-refractivity contribution in [1.82, 2.24) is 25.3 Å². The molecule has 1 N–H and O–H groups in total. The lowest BCUT2D eigenvalue weighted by Gasteiger charge is -2.23. The predicted molar refractivity (Wildman–Crippen MR) is 141 cm³/mol. The second-order valence-corrected chi connectivity index (χ2v) is 9.22. The van der Waals surface area contributed by atoms with Crippen molar-refractivity contribution in [3.05, 3.63) is 107 Å². The van der Waals surface area contributed by atoms with E-state index in [1.165, 1.54) is 5.56 Å². The monoisotopic (exact) mass is 513 g/mol. The molecule has 2 aromatic heterocycles. The van der Waals surface area contributed by atoms with E-state index in [0.717, 1.165) is 42.2 Å². The van der Waals surface area contributed by atoms with Crippen LogP contribution in [0, 0.1) is 6.92 Å². The third-order valence-corrected chi connectivity index (χ3v) is 6.24. The maximum atomic E-state index is 12.9. The van der Waals surface area contributed by atoms with Gasteiger partial charge < -0.3 is 19.3 Å². The second-order valence-electron chi connectivity index (χ2n) is 9.22. The van der Waals surface area contributed by atoms with Crippen molar-refractivity contribution in [3.63, 3.8) is 0 Å². The normalized spacial score (nSPS) is 14.7. The maximum Gasteiger partial charge on any atom is 0.251 e. The van der Waals surface area contributed by atoms with Gasteiger partial charge in [-0.15, -0.1) is 0 Å². The first-order chi connectivity index (χ1) is 18.6. The van der Waals surface area contributed by atoms with Crippen molar-refractivity contribution >= 4 is 5.91 Å². The van der Waals surface area contributed by atoms with Crippen LogP contribution in [0.15, 0.2) is 71.4 Å². The van der Waals surface area contributed by atoms with Gasteiger partial charge in [-0.3, -0.25) is 14.7 Å². The van der Waals surface area contributed by atoms with Crippen molar-refractivity contribution < 1.29 is 18.8 Å². The number of rotatable bonds is 5. The molecular formula is C29H31N5O4. The fraction of sp³-hybridized carbons (Fsp3) is 0.310. The van der Waals surface area contributed by atoms with Crippen LogP contribution < -0.4 is 10.1 Å². The number of carbonyl (C=O) groups excluding carboxylic acids is 1. The van der Waals surface area contributed by atoms with Gasteiger partial charge in [-0.05, 0) is 47.0 Å². The molecule has 5 rings (SSSR count). The molecule has 0 saturated heterocycles. The zero-order valence-electron chi connectivity index (χ0n) is 21.4. The van der Waals surface area contributed by atoms with E-state index < -0.39 is 0 Å². The van der Waals surface area contributed by atoms with Crippen molar-refractivity contribution in [1.29, 1.82) is 0 Å². The Morgan fingerprint density at radius 3 is 2.79 bits per heavy atom. The van der Waals surface area contributed by atoms with Crippen LogP contribution in [0.2, 0.25) is 0 Å². The molecule has 0 saturated carbocycles. The summed E-state index contributed by atoms with van der Waals surface area (Å²) in [7, 11) is 0. The summed E-state index contributed by atoms with van der Waals surface area (Å²) in [5, 5.41) is 6.68. The topological polar surface area (TPSA) is 103 Å². The van der Waals surface area contributed by atoms with Gasteiger partial charge in [0.25, 0.3) is 5.91 Å². The number of aryl methyl sites for hydroxylation is 1. The Bertz CT molecular complexity index is 1360. The van der Waals surface area contributed by atoms with Crippen LogP contribution in [-0.4, -0.2) is 52.3 Å². The van der Waals surface area contributed by atoms with Gasteiger partial charge in [0.1, 0.15) is 12.4 Å². The molecule has 9 nitrogen and oxygen atoms in total. The molecule has 0 aliphatic carbocycles. The highest BCUT2D eigenvalue weighted by atomic mass is 16.5. The summed E-state index contributed by atoms with van der Waals surface area (Å²) >= 11 is 0. The number of nitrogens with zero attached hydrogens (tertiary/aromatic N) is 4. The van der Waals surface area contributed by atoms with Crippen molar-refractivity contribution in [2.24, 2.45) is 0 Å². The Kier molecular flexibility index (Phi) is 8.37. The number of amides is 1. The lowest BCUT2D eigenvalue weighted by Crippen LogP contribution is -2.28. The molecule has 2 aromatic carbocycles. The summed E-state index contributed by atoms with van der Waals surface area (Å²) in [6.45, 7) is 5.73. The van der Waals surface area contributed by atoms with Gasteiger partial charge in [-0.1, -0.05) is 35.5 Å². The van der Waals surface area contributed by atoms with E-state index in [2.05, 4.69) is 49.6 Å². The minimum absolute atomic E-state index is 0.193. The molecule has 0 atom stereocenters. The standard InChI is InChI=1S/C29H31N5O4/c1-21-32-28(33-38-21)18-31-29(35)24-8-9-27-25(17-24)16-22-5-4-6-23(15-22)19-34(11-12-36-13-14-37-27)20-26-7-2-3-10-30-26/h2-10,15,17H,11-14,16,18-20H2,1H3,(H,31,35). The number of fused-ring (bicyclic) bond motifs is 3. The highest BCUT2D eigenvalue weighted by molar-refractivity contribution is 5.94. The molecule has 0 radical (unpaired) electrons. The van der Waals surface area contributed by atoms with E-state index in [-0.39, 0.29) is 12.5 Å². The van der Waals surface area contributed by atoms with Gasteiger partial charge in [0.15, 0.2) is 5.82 Å². The van der Waals surface area contributed by atoms with Crippen LogP contribution in [0.25, 0.3) is 0 Å². The smallest absolute Gasteiger partial charge is 0.251 e. The van der Waals surface area contributed by atoms with Gasteiger partial charge in [-0.2, -0.15) is 4.98 Å². The molecule has 2 bridgehead atoms. The van der Waals surface area contributed by atoms with Crippen molar-refractivity contribution in [2.45, 2.75) is 33.0 Å². The Morgan fingerprint density at radius 1 is 1.03 bits per heavy atom. The number of benzene rings is 2. The molecule has 38 heavy (non-hydrogen) atoms. The molecule has 0 fully saturated rings. The first-order valence-corrected chi connectivity index (χ1v) is 12.7. The van der Waals surface area contributed by atoms with Crippen LogP contribution in [-0.2, 0) is 30.8 Å². The number of hydrogen-bond acceptors (Lipinski definition) is 8. The zero-order chi connectivity index (χ0) is 26.2. The van der Waals surface area contributed by atoms with Gasteiger partial charge in [-0.25, -0.2) is 0 Å². The molecule has 196 valence electrons. The minimum Gasteiger partial charge on any atom is -0.491 e. The lowest BCUT2D eigenvalue weighted by atomic mass is 9.99. The van der Waals surface area contributed by atoms with Gasteiger partial charge in [0, 0.05) is 44.7 Å². The first-order valence-electron chi connectivity index (χ1n) is 12.7. The van der Waals surface area contributed by atoms with E-state index >= 15 is 0 Å². The van der Waals surface area contributed by atoms with Crippen LogP contribution in [0.5, 0.6) is 5.75 Å². The average Bonchev–Trinajstić information content (AvgIpc) is 3.35. The second kappa shape index (κ2) is 12.4. The quantitative estimate of drug-likeness (QED) is 0.431. The zero-order valence-corrected chi connectivity index (χ0v) is 21.4. The van der Waals surface area contributed by atoms with Gasteiger partial charge in [0.2, 0.25) is 5.89 Å². The van der Waals surface area contributed by atoms with E-state index in [9.17, 15) is 4.79 Å². The summed E-state index contributed by atoms with van der Waals surface area (Å²) in [6.07, 6.45) is 2.46. The molecule has 1 amide bonds. The predicted octanol–water partition coefficient (Wildman–Crippen LogP) is 3.71. The molecule has 1 aliphatic heterocycles. The van der Waals surface area contributed by atoms with Crippen molar-refractivity contribution in [2.75, 3.05) is 26.4 Å². The van der Waals surface area contributed by atoms with Crippen molar-refractivity contribution in [3.8, 4) is 5.75 Å². The Labute approximate surface area is 221 Å². The summed E-state index contributed by atoms with van der Waals surface area (Å²) in [6, 6.07) is 20.0. The number of pyridine rings is 1. The molecular weight excluding hydrogens is 482 g/mol. The third-order valence-electron chi connectivity index (χ3n) is 6.24. The summed E-state index contributed by atoms with van der Waals surface area (Å²) in [5.74, 6) is 1.44. The Hall–Kier alpha value is -4.08. The number of nitrogens with one attached hydrogen (secondary N) is 1. The molecule has 9 heteroatoms. The van der Waals surface area contributed by atoms with Crippen LogP contribution in [0.3, 0.4) is 0 Å². The molecule has 0 unspecified atom stereocenters. The third kappa shape index (κ3) is 7.02. The highest BCUT2D eigenvalue weighted by Crippen LogP contribution is 2.25. The largest absolute Gasteiger partial charge is 0.491 e. The fourth-order valence-corrected chi connectivity index (χ4v) is 4.43. The number of ether oxygens (including phenoxy) is 2.